The van der Waals surface area contributed by atoms with Gasteiger partial charge < -0.3 is 15.2 Å². The van der Waals surface area contributed by atoms with Crippen LogP contribution in [0.4, 0.5) is 0 Å². The third-order valence-electron chi connectivity index (χ3n) is 4.83. The molecule has 0 saturated carbocycles. The van der Waals surface area contributed by atoms with E-state index >= 15 is 0 Å². The molecule has 3 nitrogen and oxygen atoms in total. The highest BCUT2D eigenvalue weighted by Gasteiger charge is 2.33. The number of benzene rings is 1. The van der Waals surface area contributed by atoms with Crippen molar-refractivity contribution in [2.24, 2.45) is 5.41 Å². The van der Waals surface area contributed by atoms with Gasteiger partial charge in [0.05, 0.1) is 6.61 Å². The van der Waals surface area contributed by atoms with Gasteiger partial charge in [0.25, 0.3) is 0 Å². The molecule has 1 aromatic carbocycles. The van der Waals surface area contributed by atoms with E-state index in [1.807, 2.05) is 0 Å². The van der Waals surface area contributed by atoms with Gasteiger partial charge in [0.2, 0.25) is 0 Å². The van der Waals surface area contributed by atoms with E-state index in [4.69, 9.17) is 4.74 Å². The summed E-state index contributed by atoms with van der Waals surface area (Å²) in [5.74, 6) is 0. The lowest BCUT2D eigenvalue weighted by Crippen LogP contribution is -2.42. The summed E-state index contributed by atoms with van der Waals surface area (Å²) in [5, 5.41) is 13.4. The first-order valence-corrected chi connectivity index (χ1v) is 8.23. The molecule has 110 valence electrons. The fraction of sp³-hybridized carbons (Fsp3) is 0.625. The van der Waals surface area contributed by atoms with Gasteiger partial charge in [0.1, 0.15) is 0 Å². The highest BCUT2D eigenvalue weighted by Crippen LogP contribution is 2.37. The highest BCUT2D eigenvalue weighted by atomic mass is 79.9. The quantitative estimate of drug-likeness (QED) is 0.886. The monoisotopic (exact) mass is 339 g/mol. The minimum Gasteiger partial charge on any atom is -0.396 e. The molecule has 2 aliphatic rings. The summed E-state index contributed by atoms with van der Waals surface area (Å²) in [6.45, 7) is 2.68. The topological polar surface area (TPSA) is 41.5 Å². The fourth-order valence-corrected chi connectivity index (χ4v) is 3.94. The maximum atomic E-state index is 9.75. The summed E-state index contributed by atoms with van der Waals surface area (Å²) in [5.41, 5.74) is 2.86. The van der Waals surface area contributed by atoms with Crippen molar-refractivity contribution >= 4 is 15.9 Å². The first-order valence-electron chi connectivity index (χ1n) is 7.43. The van der Waals surface area contributed by atoms with Gasteiger partial charge in [0, 0.05) is 35.7 Å². The van der Waals surface area contributed by atoms with Crippen LogP contribution in [-0.2, 0) is 11.2 Å². The average Bonchev–Trinajstić information content (AvgIpc) is 2.91. The van der Waals surface area contributed by atoms with E-state index in [1.165, 1.54) is 15.6 Å². The van der Waals surface area contributed by atoms with Crippen LogP contribution < -0.4 is 5.32 Å². The molecule has 4 heteroatoms. The summed E-state index contributed by atoms with van der Waals surface area (Å²) in [4.78, 5) is 0. The van der Waals surface area contributed by atoms with Gasteiger partial charge in [-0.1, -0.05) is 28.1 Å². The molecule has 3 rings (SSSR count). The normalized spacial score (nSPS) is 24.6. The van der Waals surface area contributed by atoms with Crippen molar-refractivity contribution in [3.63, 3.8) is 0 Å². The molecule has 1 atom stereocenters. The van der Waals surface area contributed by atoms with Crippen molar-refractivity contribution in [2.75, 3.05) is 26.4 Å². The van der Waals surface area contributed by atoms with Crippen LogP contribution in [0.15, 0.2) is 22.7 Å². The van der Waals surface area contributed by atoms with Gasteiger partial charge in [-0.3, -0.25) is 0 Å². The number of halogens is 1. The van der Waals surface area contributed by atoms with Gasteiger partial charge >= 0.3 is 0 Å². The number of rotatable bonds is 4. The van der Waals surface area contributed by atoms with Gasteiger partial charge in [-0.15, -0.1) is 0 Å². The third kappa shape index (κ3) is 2.80. The highest BCUT2D eigenvalue weighted by molar-refractivity contribution is 9.10. The van der Waals surface area contributed by atoms with Crippen molar-refractivity contribution in [3.8, 4) is 0 Å². The van der Waals surface area contributed by atoms with E-state index in [9.17, 15) is 5.11 Å². The summed E-state index contributed by atoms with van der Waals surface area (Å²) >= 11 is 3.64. The zero-order chi connectivity index (χ0) is 14.0. The van der Waals surface area contributed by atoms with Crippen LogP contribution in [0, 0.1) is 5.41 Å². The first-order chi connectivity index (χ1) is 9.74. The van der Waals surface area contributed by atoms with E-state index in [0.29, 0.717) is 6.04 Å². The summed E-state index contributed by atoms with van der Waals surface area (Å²) in [6.07, 6.45) is 4.18. The van der Waals surface area contributed by atoms with Crippen LogP contribution in [0.5, 0.6) is 0 Å². The Hall–Kier alpha value is -0.420. The molecule has 0 bridgehead atoms. The lowest BCUT2D eigenvalue weighted by Gasteiger charge is -2.36. The van der Waals surface area contributed by atoms with E-state index in [-0.39, 0.29) is 12.0 Å². The predicted molar refractivity (Wildman–Crippen MR) is 82.8 cm³/mol. The molecule has 0 aromatic heterocycles. The first kappa shape index (κ1) is 14.5. The maximum absolute atomic E-state index is 9.75. The molecule has 1 unspecified atom stereocenters. The van der Waals surface area contributed by atoms with Crippen molar-refractivity contribution < 1.29 is 9.84 Å². The number of hydrogen-bond donors (Lipinski definition) is 2. The Kier molecular flexibility index (Phi) is 4.46. The van der Waals surface area contributed by atoms with E-state index < -0.39 is 0 Å². The lowest BCUT2D eigenvalue weighted by molar-refractivity contribution is -0.0165. The van der Waals surface area contributed by atoms with E-state index in [1.54, 1.807) is 0 Å². The lowest BCUT2D eigenvalue weighted by atomic mass is 9.80. The van der Waals surface area contributed by atoms with Crippen LogP contribution >= 0.6 is 15.9 Å². The van der Waals surface area contributed by atoms with Crippen LogP contribution in [0.2, 0.25) is 0 Å². The van der Waals surface area contributed by atoms with Gasteiger partial charge in [-0.05, 0) is 42.9 Å². The van der Waals surface area contributed by atoms with Gasteiger partial charge in [-0.2, -0.15) is 0 Å². The van der Waals surface area contributed by atoms with Crippen LogP contribution in [0.3, 0.4) is 0 Å². The van der Waals surface area contributed by atoms with Crippen molar-refractivity contribution in [1.82, 2.24) is 5.32 Å². The molecular weight excluding hydrogens is 318 g/mol. The number of hydrogen-bond acceptors (Lipinski definition) is 3. The third-order valence-corrected chi connectivity index (χ3v) is 5.57. The van der Waals surface area contributed by atoms with Crippen molar-refractivity contribution in [3.05, 3.63) is 33.8 Å². The molecular formula is C16H22BrNO2. The summed E-state index contributed by atoms with van der Waals surface area (Å²) < 4.78 is 6.65. The number of nitrogens with one attached hydrogen (secondary N) is 1. The molecule has 1 saturated heterocycles. The second-order valence-corrected chi connectivity index (χ2v) is 6.90. The average molecular weight is 340 g/mol. The van der Waals surface area contributed by atoms with Gasteiger partial charge in [0.15, 0.2) is 0 Å². The standard InChI is InChI=1S/C16H22BrNO2/c17-14-3-1-2-13-12(14)4-5-15(13)18-10-16(11-19)6-8-20-9-7-16/h1-3,15,18-19H,4-11H2. The van der Waals surface area contributed by atoms with Crippen LogP contribution in [-0.4, -0.2) is 31.5 Å². The fourth-order valence-electron chi connectivity index (χ4n) is 3.36. The zero-order valence-electron chi connectivity index (χ0n) is 11.7. The predicted octanol–water partition coefficient (Wildman–Crippen LogP) is 2.82. The van der Waals surface area contributed by atoms with Crippen molar-refractivity contribution in [1.29, 1.82) is 0 Å². The zero-order valence-corrected chi connectivity index (χ0v) is 13.3. The van der Waals surface area contributed by atoms with E-state index in [0.717, 1.165) is 45.4 Å². The minimum absolute atomic E-state index is 0.00696. The van der Waals surface area contributed by atoms with E-state index in [2.05, 4.69) is 39.4 Å². The molecule has 1 aromatic rings. The number of ether oxygens (including phenoxy) is 1. The molecule has 0 spiro atoms. The summed E-state index contributed by atoms with van der Waals surface area (Å²) in [7, 11) is 0. The number of fused-ring (bicyclic) bond motifs is 1. The molecule has 1 aliphatic carbocycles. The number of aliphatic hydroxyl groups excluding tert-OH is 1. The molecule has 0 amide bonds. The Labute approximate surface area is 128 Å². The van der Waals surface area contributed by atoms with Crippen LogP contribution in [0.25, 0.3) is 0 Å². The Balaban J connectivity index is 1.67. The smallest absolute Gasteiger partial charge is 0.0501 e. The Morgan fingerprint density at radius 3 is 2.90 bits per heavy atom. The molecule has 0 radical (unpaired) electrons. The molecule has 1 fully saturated rings. The number of aliphatic hydroxyl groups is 1. The van der Waals surface area contributed by atoms with Crippen LogP contribution in [0.1, 0.15) is 36.4 Å². The second-order valence-electron chi connectivity index (χ2n) is 6.05. The minimum atomic E-state index is 0.00696. The van der Waals surface area contributed by atoms with Crippen molar-refractivity contribution in [2.45, 2.75) is 31.7 Å². The SMILES string of the molecule is OCC1(CNC2CCc3c(Br)cccc32)CCOCC1. The Bertz CT molecular complexity index is 472. The Morgan fingerprint density at radius 1 is 1.35 bits per heavy atom. The van der Waals surface area contributed by atoms with Gasteiger partial charge in [-0.25, -0.2) is 0 Å². The second kappa shape index (κ2) is 6.14. The molecule has 1 heterocycles. The largest absolute Gasteiger partial charge is 0.396 e. The Morgan fingerprint density at radius 2 is 2.15 bits per heavy atom. The molecule has 1 aliphatic heterocycles. The maximum Gasteiger partial charge on any atom is 0.0501 e. The summed E-state index contributed by atoms with van der Waals surface area (Å²) in [6, 6.07) is 6.88. The molecule has 20 heavy (non-hydrogen) atoms. The molecule has 2 N–H and O–H groups in total.